The lowest BCUT2D eigenvalue weighted by atomic mass is 9.82. The highest BCUT2D eigenvalue weighted by Crippen LogP contribution is 2.25. The van der Waals surface area contributed by atoms with Crippen LogP contribution in [0, 0.1) is 17.8 Å². The molecule has 1 atom stereocenters. The van der Waals surface area contributed by atoms with Gasteiger partial charge in [0.25, 0.3) is 0 Å². The minimum atomic E-state index is 0.675. The molecule has 60 valence electrons. The van der Waals surface area contributed by atoms with Gasteiger partial charge >= 0.3 is 0 Å². The molecule has 1 fully saturated rings. The van der Waals surface area contributed by atoms with Crippen molar-refractivity contribution < 1.29 is 4.74 Å². The van der Waals surface area contributed by atoms with Crippen molar-refractivity contribution in [3.05, 3.63) is 0 Å². The molecule has 2 nitrogen and oxygen atoms in total. The molecule has 0 radical (unpaired) electrons. The summed E-state index contributed by atoms with van der Waals surface area (Å²) < 4.78 is 5.11. The fourth-order valence-corrected chi connectivity index (χ4v) is 1.51. The number of hydrogen-bond acceptors (Lipinski definition) is 2. The summed E-state index contributed by atoms with van der Waals surface area (Å²) in [6.07, 6.45) is 0. The number of hydrogen-bond donors (Lipinski definition) is 1. The normalized spacial score (nSPS) is 22.8. The standard InChI is InChI=1S/C8H17NO/c1-6(2)8(3-9)7-4-10-5-7/h6-8H,3-5,9H2,1-2H3. The average molecular weight is 143 g/mol. The van der Waals surface area contributed by atoms with Crippen molar-refractivity contribution in [3.8, 4) is 0 Å². The Balaban J connectivity index is 2.31. The molecule has 0 amide bonds. The van der Waals surface area contributed by atoms with Crippen molar-refractivity contribution in [2.45, 2.75) is 13.8 Å². The predicted octanol–water partition coefficient (Wildman–Crippen LogP) is 0.864. The van der Waals surface area contributed by atoms with Crippen LogP contribution >= 0.6 is 0 Å². The second-order valence-corrected chi connectivity index (χ2v) is 3.44. The maximum absolute atomic E-state index is 5.63. The molecule has 2 heteroatoms. The van der Waals surface area contributed by atoms with Crippen molar-refractivity contribution >= 4 is 0 Å². The van der Waals surface area contributed by atoms with Crippen LogP contribution in [0.1, 0.15) is 13.8 Å². The third kappa shape index (κ3) is 1.50. The third-order valence-corrected chi connectivity index (χ3v) is 2.40. The van der Waals surface area contributed by atoms with Gasteiger partial charge in [-0.2, -0.15) is 0 Å². The number of ether oxygens (including phenoxy) is 1. The van der Waals surface area contributed by atoms with Crippen LogP contribution in [0.3, 0.4) is 0 Å². The molecule has 1 unspecified atom stereocenters. The molecular weight excluding hydrogens is 126 g/mol. The second-order valence-electron chi connectivity index (χ2n) is 3.44. The summed E-state index contributed by atoms with van der Waals surface area (Å²) in [4.78, 5) is 0. The summed E-state index contributed by atoms with van der Waals surface area (Å²) in [6, 6.07) is 0. The molecule has 1 rings (SSSR count). The average Bonchev–Trinajstić information content (AvgIpc) is 1.76. The molecule has 2 N–H and O–H groups in total. The fourth-order valence-electron chi connectivity index (χ4n) is 1.51. The van der Waals surface area contributed by atoms with E-state index in [1.807, 2.05) is 0 Å². The molecule has 1 saturated heterocycles. The van der Waals surface area contributed by atoms with Crippen molar-refractivity contribution in [1.29, 1.82) is 0 Å². The van der Waals surface area contributed by atoms with Crippen LogP contribution in [0.5, 0.6) is 0 Å². The summed E-state index contributed by atoms with van der Waals surface area (Å²) in [5, 5.41) is 0. The summed E-state index contributed by atoms with van der Waals surface area (Å²) in [6.45, 7) is 7.14. The van der Waals surface area contributed by atoms with E-state index in [4.69, 9.17) is 10.5 Å². The monoisotopic (exact) mass is 143 g/mol. The van der Waals surface area contributed by atoms with Gasteiger partial charge in [-0.25, -0.2) is 0 Å². The van der Waals surface area contributed by atoms with E-state index in [1.165, 1.54) is 0 Å². The topological polar surface area (TPSA) is 35.2 Å². The summed E-state index contributed by atoms with van der Waals surface area (Å²) in [5.41, 5.74) is 5.63. The van der Waals surface area contributed by atoms with E-state index in [-0.39, 0.29) is 0 Å². The lowest BCUT2D eigenvalue weighted by Crippen LogP contribution is -2.40. The lowest BCUT2D eigenvalue weighted by molar-refractivity contribution is -0.0679. The third-order valence-electron chi connectivity index (χ3n) is 2.40. The molecule has 0 aromatic rings. The zero-order valence-electron chi connectivity index (χ0n) is 6.84. The van der Waals surface area contributed by atoms with Crippen LogP contribution in [0.2, 0.25) is 0 Å². The van der Waals surface area contributed by atoms with E-state index in [0.717, 1.165) is 25.7 Å². The molecule has 0 aromatic heterocycles. The van der Waals surface area contributed by atoms with Gasteiger partial charge in [-0.3, -0.25) is 0 Å². The van der Waals surface area contributed by atoms with Gasteiger partial charge in [-0.15, -0.1) is 0 Å². The van der Waals surface area contributed by atoms with Crippen LogP contribution in [0.25, 0.3) is 0 Å². The van der Waals surface area contributed by atoms with Gasteiger partial charge in [0, 0.05) is 5.92 Å². The molecule has 1 aliphatic rings. The van der Waals surface area contributed by atoms with Crippen LogP contribution in [-0.4, -0.2) is 19.8 Å². The molecule has 0 bridgehead atoms. The predicted molar refractivity (Wildman–Crippen MR) is 41.7 cm³/mol. The Hall–Kier alpha value is -0.0800. The van der Waals surface area contributed by atoms with Crippen LogP contribution in [-0.2, 0) is 4.74 Å². The van der Waals surface area contributed by atoms with Gasteiger partial charge in [0.2, 0.25) is 0 Å². The smallest absolute Gasteiger partial charge is 0.0519 e. The lowest BCUT2D eigenvalue weighted by Gasteiger charge is -2.35. The maximum Gasteiger partial charge on any atom is 0.0519 e. The zero-order valence-corrected chi connectivity index (χ0v) is 6.84. The first-order chi connectivity index (χ1) is 4.75. The first-order valence-corrected chi connectivity index (χ1v) is 4.03. The van der Waals surface area contributed by atoms with E-state index >= 15 is 0 Å². The minimum absolute atomic E-state index is 0.675. The SMILES string of the molecule is CC(C)C(CN)C1COC1. The zero-order chi connectivity index (χ0) is 7.56. The molecule has 10 heavy (non-hydrogen) atoms. The Bertz CT molecular complexity index is 99.4. The quantitative estimate of drug-likeness (QED) is 0.636. The highest BCUT2D eigenvalue weighted by molar-refractivity contribution is 4.77. The van der Waals surface area contributed by atoms with Crippen LogP contribution < -0.4 is 5.73 Å². The molecule has 0 aromatic carbocycles. The molecule has 1 heterocycles. The van der Waals surface area contributed by atoms with Crippen LogP contribution in [0.15, 0.2) is 0 Å². The van der Waals surface area contributed by atoms with Crippen molar-refractivity contribution in [3.63, 3.8) is 0 Å². The largest absolute Gasteiger partial charge is 0.381 e. The summed E-state index contributed by atoms with van der Waals surface area (Å²) in [7, 11) is 0. The van der Waals surface area contributed by atoms with Crippen molar-refractivity contribution in [2.24, 2.45) is 23.5 Å². The second kappa shape index (κ2) is 3.35. The Morgan fingerprint density at radius 1 is 1.50 bits per heavy atom. The van der Waals surface area contributed by atoms with Gasteiger partial charge in [0.15, 0.2) is 0 Å². The van der Waals surface area contributed by atoms with E-state index < -0.39 is 0 Å². The Morgan fingerprint density at radius 2 is 2.10 bits per heavy atom. The summed E-state index contributed by atoms with van der Waals surface area (Å²) in [5.74, 6) is 2.12. The highest BCUT2D eigenvalue weighted by atomic mass is 16.5. The van der Waals surface area contributed by atoms with Gasteiger partial charge in [0.1, 0.15) is 0 Å². The minimum Gasteiger partial charge on any atom is -0.381 e. The van der Waals surface area contributed by atoms with Gasteiger partial charge < -0.3 is 10.5 Å². The number of rotatable bonds is 3. The molecule has 0 spiro atoms. The van der Waals surface area contributed by atoms with Gasteiger partial charge in [0.05, 0.1) is 13.2 Å². The number of nitrogens with two attached hydrogens (primary N) is 1. The summed E-state index contributed by atoms with van der Waals surface area (Å²) >= 11 is 0. The van der Waals surface area contributed by atoms with Gasteiger partial charge in [-0.05, 0) is 18.4 Å². The highest BCUT2D eigenvalue weighted by Gasteiger charge is 2.28. The molecule has 1 aliphatic heterocycles. The maximum atomic E-state index is 5.63. The molecule has 0 saturated carbocycles. The van der Waals surface area contributed by atoms with Crippen molar-refractivity contribution in [1.82, 2.24) is 0 Å². The van der Waals surface area contributed by atoms with Crippen LogP contribution in [0.4, 0.5) is 0 Å². The Morgan fingerprint density at radius 3 is 2.20 bits per heavy atom. The Kier molecular flexibility index (Phi) is 2.69. The van der Waals surface area contributed by atoms with E-state index in [2.05, 4.69) is 13.8 Å². The Labute approximate surface area is 62.7 Å². The van der Waals surface area contributed by atoms with E-state index in [0.29, 0.717) is 11.8 Å². The molecular formula is C8H17NO. The molecule has 0 aliphatic carbocycles. The first-order valence-electron chi connectivity index (χ1n) is 4.03. The first kappa shape index (κ1) is 8.02. The fraction of sp³-hybridized carbons (Fsp3) is 1.00. The van der Waals surface area contributed by atoms with Crippen molar-refractivity contribution in [2.75, 3.05) is 19.8 Å². The van der Waals surface area contributed by atoms with E-state index in [1.54, 1.807) is 0 Å². The van der Waals surface area contributed by atoms with E-state index in [9.17, 15) is 0 Å². The van der Waals surface area contributed by atoms with Gasteiger partial charge in [-0.1, -0.05) is 13.8 Å².